The molecule has 160 valence electrons. The maximum absolute atomic E-state index is 13.1. The lowest BCUT2D eigenvalue weighted by Gasteiger charge is -2.23. The summed E-state index contributed by atoms with van der Waals surface area (Å²) in [5.74, 6) is 0.145. The number of ether oxygens (including phenoxy) is 1. The number of carbonyl (C=O) groups is 3. The number of methoxy groups -OCH3 is 1. The molecule has 1 fully saturated rings. The van der Waals surface area contributed by atoms with Crippen molar-refractivity contribution in [3.8, 4) is 5.75 Å². The van der Waals surface area contributed by atoms with Crippen molar-refractivity contribution in [3.63, 3.8) is 0 Å². The van der Waals surface area contributed by atoms with Gasteiger partial charge in [-0.3, -0.25) is 19.4 Å². The Kier molecular flexibility index (Phi) is 4.88. The molecular weight excluding hydrogens is 398 g/mol. The maximum atomic E-state index is 13.1. The lowest BCUT2D eigenvalue weighted by Crippen LogP contribution is -2.44. The van der Waals surface area contributed by atoms with Gasteiger partial charge in [-0.1, -0.05) is 24.3 Å². The highest BCUT2D eigenvalue weighted by Crippen LogP contribution is 2.30. The fourth-order valence-electron chi connectivity index (χ4n) is 3.75. The highest BCUT2D eigenvalue weighted by molar-refractivity contribution is 6.10. The molecule has 2 heterocycles. The Morgan fingerprint density at radius 3 is 2.48 bits per heavy atom. The number of imidazole rings is 1. The minimum Gasteiger partial charge on any atom is -0.497 e. The van der Waals surface area contributed by atoms with Crippen molar-refractivity contribution in [1.82, 2.24) is 19.8 Å². The number of para-hydroxylation sites is 2. The first kappa shape index (κ1) is 20.4. The van der Waals surface area contributed by atoms with Gasteiger partial charge < -0.3 is 14.6 Å². The summed E-state index contributed by atoms with van der Waals surface area (Å²) in [5, 5.41) is 2.71. The van der Waals surface area contributed by atoms with Crippen molar-refractivity contribution in [1.29, 1.82) is 0 Å². The van der Waals surface area contributed by atoms with Crippen LogP contribution >= 0.6 is 0 Å². The van der Waals surface area contributed by atoms with Crippen LogP contribution in [0.15, 0.2) is 48.5 Å². The summed E-state index contributed by atoms with van der Waals surface area (Å²) in [6, 6.07) is 13.8. The van der Waals surface area contributed by atoms with Crippen molar-refractivity contribution in [2.24, 2.45) is 7.05 Å². The molecule has 1 N–H and O–H groups in total. The Bertz CT molecular complexity index is 1190. The van der Waals surface area contributed by atoms with Crippen LogP contribution in [0.1, 0.15) is 12.5 Å². The second-order valence-electron chi connectivity index (χ2n) is 7.59. The van der Waals surface area contributed by atoms with Crippen LogP contribution in [0.5, 0.6) is 5.75 Å². The number of nitrogens with zero attached hydrogens (tertiary/aromatic N) is 4. The summed E-state index contributed by atoms with van der Waals surface area (Å²) >= 11 is 0. The molecule has 1 aliphatic heterocycles. The standard InChI is InChI=1S/C22H23N5O4/c1-22(14-9-11-15(31-4)12-10-14)19(29)27(21(30)24-22)13-18(28)26(3)20-23-16-7-5-6-8-17(16)25(20)2/h5-12H,13H2,1-4H3,(H,24,30). The molecule has 31 heavy (non-hydrogen) atoms. The van der Waals surface area contributed by atoms with Crippen molar-refractivity contribution in [3.05, 3.63) is 54.1 Å². The average Bonchev–Trinajstić information content (AvgIpc) is 3.22. The molecule has 0 aliphatic carbocycles. The summed E-state index contributed by atoms with van der Waals surface area (Å²) in [6.45, 7) is 1.23. The van der Waals surface area contributed by atoms with E-state index in [2.05, 4.69) is 10.3 Å². The smallest absolute Gasteiger partial charge is 0.325 e. The third-order valence-corrected chi connectivity index (χ3v) is 5.67. The summed E-state index contributed by atoms with van der Waals surface area (Å²) in [4.78, 5) is 45.4. The zero-order valence-electron chi connectivity index (χ0n) is 17.7. The number of likely N-dealkylation sites (N-methyl/N-ethyl adjacent to an activating group) is 1. The van der Waals surface area contributed by atoms with E-state index >= 15 is 0 Å². The van der Waals surface area contributed by atoms with Gasteiger partial charge in [-0.2, -0.15) is 0 Å². The zero-order chi connectivity index (χ0) is 22.3. The summed E-state index contributed by atoms with van der Waals surface area (Å²) in [7, 11) is 4.93. The van der Waals surface area contributed by atoms with Crippen LogP contribution in [0.3, 0.4) is 0 Å². The molecule has 3 aromatic rings. The van der Waals surface area contributed by atoms with E-state index in [1.807, 2.05) is 31.3 Å². The summed E-state index contributed by atoms with van der Waals surface area (Å²) in [5.41, 5.74) is 0.964. The average molecular weight is 421 g/mol. The molecule has 2 aromatic carbocycles. The Morgan fingerprint density at radius 2 is 1.84 bits per heavy atom. The van der Waals surface area contributed by atoms with Gasteiger partial charge in [-0.25, -0.2) is 9.78 Å². The molecule has 4 amide bonds. The Balaban J connectivity index is 1.55. The number of fused-ring (bicyclic) bond motifs is 1. The lowest BCUT2D eigenvalue weighted by atomic mass is 9.92. The van der Waals surface area contributed by atoms with Gasteiger partial charge in [-0.05, 0) is 36.8 Å². The van der Waals surface area contributed by atoms with Gasteiger partial charge in [-0.15, -0.1) is 0 Å². The molecule has 0 bridgehead atoms. The van der Waals surface area contributed by atoms with Gasteiger partial charge in [0, 0.05) is 14.1 Å². The van der Waals surface area contributed by atoms with Crippen molar-refractivity contribution in [2.45, 2.75) is 12.5 Å². The largest absolute Gasteiger partial charge is 0.497 e. The molecule has 9 nitrogen and oxygen atoms in total. The monoisotopic (exact) mass is 421 g/mol. The summed E-state index contributed by atoms with van der Waals surface area (Å²) < 4.78 is 6.94. The van der Waals surface area contributed by atoms with Crippen LogP contribution in [-0.4, -0.2) is 53.0 Å². The van der Waals surface area contributed by atoms with E-state index in [0.29, 0.717) is 17.3 Å². The second kappa shape index (κ2) is 7.42. The number of hydrogen-bond donors (Lipinski definition) is 1. The van der Waals surface area contributed by atoms with Crippen LogP contribution < -0.4 is 15.0 Å². The number of anilines is 1. The number of hydrogen-bond acceptors (Lipinski definition) is 5. The Hall–Kier alpha value is -3.88. The van der Waals surface area contributed by atoms with Crippen LogP contribution in [0.4, 0.5) is 10.7 Å². The fraction of sp³-hybridized carbons (Fsp3) is 0.273. The molecule has 1 saturated heterocycles. The lowest BCUT2D eigenvalue weighted by molar-refractivity contribution is -0.134. The van der Waals surface area contributed by atoms with E-state index in [4.69, 9.17) is 4.74 Å². The van der Waals surface area contributed by atoms with Gasteiger partial charge in [0.1, 0.15) is 17.8 Å². The molecular formula is C22H23N5O4. The van der Waals surface area contributed by atoms with Crippen LogP contribution in [0, 0.1) is 0 Å². The SMILES string of the molecule is COc1ccc(C2(C)NC(=O)N(CC(=O)N(C)c3nc4ccccc4n3C)C2=O)cc1. The van der Waals surface area contributed by atoms with Crippen molar-refractivity contribution in [2.75, 3.05) is 25.6 Å². The van der Waals surface area contributed by atoms with Crippen molar-refractivity contribution >= 4 is 34.8 Å². The number of amides is 4. The third-order valence-electron chi connectivity index (χ3n) is 5.67. The van der Waals surface area contributed by atoms with Crippen molar-refractivity contribution < 1.29 is 19.1 Å². The van der Waals surface area contributed by atoms with E-state index in [0.717, 1.165) is 15.9 Å². The first-order chi connectivity index (χ1) is 14.8. The van der Waals surface area contributed by atoms with Gasteiger partial charge in [0.15, 0.2) is 0 Å². The minimum atomic E-state index is -1.26. The Labute approximate surface area is 179 Å². The highest BCUT2D eigenvalue weighted by atomic mass is 16.5. The third kappa shape index (κ3) is 3.27. The van der Waals surface area contributed by atoms with Crippen LogP contribution in [-0.2, 0) is 22.2 Å². The summed E-state index contributed by atoms with van der Waals surface area (Å²) in [6.07, 6.45) is 0. The number of carbonyl (C=O) groups excluding carboxylic acids is 3. The molecule has 0 spiro atoms. The predicted octanol–water partition coefficient (Wildman–Crippen LogP) is 2.01. The number of imide groups is 1. The molecule has 1 aromatic heterocycles. The normalized spacial score (nSPS) is 18.4. The van der Waals surface area contributed by atoms with Gasteiger partial charge in [0.25, 0.3) is 5.91 Å². The number of nitrogens with one attached hydrogen (secondary N) is 1. The molecule has 0 radical (unpaired) electrons. The van der Waals surface area contributed by atoms with Crippen LogP contribution in [0.2, 0.25) is 0 Å². The quantitative estimate of drug-likeness (QED) is 0.636. The van der Waals surface area contributed by atoms with E-state index in [-0.39, 0.29) is 0 Å². The van der Waals surface area contributed by atoms with Crippen LogP contribution in [0.25, 0.3) is 11.0 Å². The highest BCUT2D eigenvalue weighted by Gasteiger charge is 2.49. The molecule has 1 aliphatic rings. The topological polar surface area (TPSA) is 96.8 Å². The van der Waals surface area contributed by atoms with Gasteiger partial charge >= 0.3 is 6.03 Å². The molecule has 9 heteroatoms. The minimum absolute atomic E-state index is 0.393. The Morgan fingerprint density at radius 1 is 1.16 bits per heavy atom. The maximum Gasteiger partial charge on any atom is 0.325 e. The number of urea groups is 1. The predicted molar refractivity (Wildman–Crippen MR) is 115 cm³/mol. The van der Waals surface area contributed by atoms with E-state index in [1.54, 1.807) is 49.9 Å². The molecule has 0 saturated carbocycles. The number of aromatic nitrogens is 2. The van der Waals surface area contributed by atoms with E-state index < -0.39 is 29.9 Å². The number of aryl methyl sites for hydroxylation is 1. The molecule has 1 unspecified atom stereocenters. The van der Waals surface area contributed by atoms with Gasteiger partial charge in [0.2, 0.25) is 11.9 Å². The molecule has 1 atom stereocenters. The zero-order valence-corrected chi connectivity index (χ0v) is 17.7. The fourth-order valence-corrected chi connectivity index (χ4v) is 3.75. The first-order valence-corrected chi connectivity index (χ1v) is 9.73. The van der Waals surface area contributed by atoms with Gasteiger partial charge in [0.05, 0.1) is 18.1 Å². The first-order valence-electron chi connectivity index (χ1n) is 9.73. The number of benzene rings is 2. The van der Waals surface area contributed by atoms with E-state index in [1.165, 1.54) is 4.90 Å². The molecule has 4 rings (SSSR count). The van der Waals surface area contributed by atoms with E-state index in [9.17, 15) is 14.4 Å². The number of rotatable bonds is 5. The second-order valence-corrected chi connectivity index (χ2v) is 7.59.